The molecule has 7 heavy (non-hydrogen) atoms. The van der Waals surface area contributed by atoms with Gasteiger partial charge in [0.25, 0.3) is 6.41 Å². The van der Waals surface area contributed by atoms with E-state index in [0.29, 0.717) is 5.01 Å². The van der Waals surface area contributed by atoms with Gasteiger partial charge in [-0.15, -0.1) is 0 Å². The highest BCUT2D eigenvalue weighted by Crippen LogP contribution is 1.69. The van der Waals surface area contributed by atoms with Gasteiger partial charge in [0.05, 0.1) is 7.05 Å². The number of amides is 1. The lowest BCUT2D eigenvalue weighted by Gasteiger charge is -1.92. The second-order valence-corrected chi connectivity index (χ2v) is 0.917. The molecule has 40 valence electrons. The van der Waals surface area contributed by atoms with Crippen LogP contribution in [0.2, 0.25) is 0 Å². The van der Waals surface area contributed by atoms with Crippen LogP contribution in [0.25, 0.3) is 0 Å². The van der Waals surface area contributed by atoms with Crippen molar-refractivity contribution >= 4 is 6.41 Å². The van der Waals surface area contributed by atoms with E-state index in [1.54, 1.807) is 0 Å². The summed E-state index contributed by atoms with van der Waals surface area (Å²) in [7, 11) is 1.06. The second-order valence-electron chi connectivity index (χ2n) is 0.917. The van der Waals surface area contributed by atoms with Crippen LogP contribution in [0.4, 0.5) is 0 Å². The first-order chi connectivity index (χ1) is 3.18. The lowest BCUT2D eigenvalue weighted by molar-refractivity contribution is -0.625. The van der Waals surface area contributed by atoms with Gasteiger partial charge in [-0.25, -0.2) is 10.1 Å². The molecule has 0 atom stereocenters. The van der Waals surface area contributed by atoms with Crippen molar-refractivity contribution < 1.29 is 9.83 Å². The molecule has 0 radical (unpaired) electrons. The summed E-state index contributed by atoms with van der Waals surface area (Å²) in [6.45, 7) is 0. The number of hydrazine groups is 1. The zero-order chi connectivity index (χ0) is 5.86. The highest BCUT2D eigenvalue weighted by atomic mass is 16.7. The van der Waals surface area contributed by atoms with Crippen molar-refractivity contribution in [3.63, 3.8) is 0 Å². The molecule has 0 unspecified atom stereocenters. The molecular formula is C2H4N2O3. The largest absolute Gasteiger partial charge is 0.273 e. The molecular weight excluding hydrogens is 100 g/mol. The van der Waals surface area contributed by atoms with Crippen LogP contribution in [-0.2, 0) is 4.79 Å². The molecule has 0 spiro atoms. The van der Waals surface area contributed by atoms with E-state index >= 15 is 0 Å². The lowest BCUT2D eigenvalue weighted by atomic mass is 11.1. The lowest BCUT2D eigenvalue weighted by Crippen LogP contribution is -2.22. The van der Waals surface area contributed by atoms with Crippen LogP contribution in [0.3, 0.4) is 0 Å². The number of rotatable bonds is 2. The van der Waals surface area contributed by atoms with E-state index in [1.165, 1.54) is 0 Å². The normalized spacial score (nSPS) is 7.57. The van der Waals surface area contributed by atoms with Gasteiger partial charge in [-0.3, -0.25) is 4.79 Å². The Morgan fingerprint density at radius 2 is 2.29 bits per heavy atom. The van der Waals surface area contributed by atoms with Crippen LogP contribution < -0.4 is 0 Å². The maximum absolute atomic E-state index is 9.43. The SMILES string of the molecule is CN(C=O)[N+](=O)[O-]. The highest BCUT2D eigenvalue weighted by Gasteiger charge is 1.99. The Hall–Kier alpha value is -1.13. The number of nitro groups is 1. The molecule has 0 aliphatic heterocycles. The third-order valence-electron chi connectivity index (χ3n) is 0.410. The van der Waals surface area contributed by atoms with Crippen molar-refractivity contribution in [2.45, 2.75) is 0 Å². The minimum atomic E-state index is -0.812. The Morgan fingerprint density at radius 3 is 2.29 bits per heavy atom. The second kappa shape index (κ2) is 2.12. The van der Waals surface area contributed by atoms with Crippen molar-refractivity contribution in [1.29, 1.82) is 0 Å². The molecule has 0 aromatic rings. The van der Waals surface area contributed by atoms with Gasteiger partial charge < -0.3 is 0 Å². The van der Waals surface area contributed by atoms with Gasteiger partial charge in [-0.2, -0.15) is 0 Å². The van der Waals surface area contributed by atoms with E-state index in [1.807, 2.05) is 0 Å². The van der Waals surface area contributed by atoms with E-state index in [0.717, 1.165) is 7.05 Å². The topological polar surface area (TPSA) is 63.5 Å². The quantitative estimate of drug-likeness (QED) is 0.263. The minimum Gasteiger partial charge on any atom is -0.273 e. The molecule has 1 amide bonds. The molecule has 0 N–H and O–H groups in total. The molecule has 0 aromatic carbocycles. The molecule has 0 fully saturated rings. The van der Waals surface area contributed by atoms with Crippen LogP contribution in [0.1, 0.15) is 0 Å². The smallest absolute Gasteiger partial charge is 0.271 e. The van der Waals surface area contributed by atoms with Crippen molar-refractivity contribution in [3.8, 4) is 0 Å². The number of carbonyl (C=O) groups excluding carboxylic acids is 1. The Morgan fingerprint density at radius 1 is 1.86 bits per heavy atom. The molecule has 0 heterocycles. The van der Waals surface area contributed by atoms with Crippen LogP contribution in [0.15, 0.2) is 0 Å². The van der Waals surface area contributed by atoms with Crippen LogP contribution >= 0.6 is 0 Å². The fourth-order valence-electron chi connectivity index (χ4n) is 0.0385. The summed E-state index contributed by atoms with van der Waals surface area (Å²) in [6, 6.07) is 0. The van der Waals surface area contributed by atoms with E-state index in [-0.39, 0.29) is 6.41 Å². The van der Waals surface area contributed by atoms with Crippen molar-refractivity contribution in [1.82, 2.24) is 5.01 Å². The summed E-state index contributed by atoms with van der Waals surface area (Å²) in [4.78, 5) is 18.9. The summed E-state index contributed by atoms with van der Waals surface area (Å²) in [5.74, 6) is 0. The predicted molar refractivity (Wildman–Crippen MR) is 20.8 cm³/mol. The highest BCUT2D eigenvalue weighted by molar-refractivity contribution is 5.43. The molecule has 0 aliphatic carbocycles. The van der Waals surface area contributed by atoms with Gasteiger partial charge in [-0.05, 0) is 0 Å². The van der Waals surface area contributed by atoms with E-state index in [2.05, 4.69) is 0 Å². The maximum Gasteiger partial charge on any atom is 0.271 e. The third-order valence-corrected chi connectivity index (χ3v) is 0.410. The summed E-state index contributed by atoms with van der Waals surface area (Å²) in [5.41, 5.74) is 0. The Kier molecular flexibility index (Phi) is 1.78. The zero-order valence-electron chi connectivity index (χ0n) is 3.70. The number of hydrogen-bond acceptors (Lipinski definition) is 3. The molecule has 5 nitrogen and oxygen atoms in total. The standard InChI is InChI=1S/C2H4N2O3/c1-3(2-5)4(6)7/h2H,1H3. The summed E-state index contributed by atoms with van der Waals surface area (Å²) in [6.07, 6.45) is 0.125. The van der Waals surface area contributed by atoms with Crippen LogP contribution in [0.5, 0.6) is 0 Å². The van der Waals surface area contributed by atoms with Gasteiger partial charge in [-0.1, -0.05) is 5.01 Å². The third kappa shape index (κ3) is 1.69. The van der Waals surface area contributed by atoms with Crippen LogP contribution in [0, 0.1) is 10.1 Å². The molecule has 0 saturated heterocycles. The van der Waals surface area contributed by atoms with Gasteiger partial charge >= 0.3 is 0 Å². The Balaban J connectivity index is 3.55. The molecule has 0 aromatic heterocycles. The van der Waals surface area contributed by atoms with Crippen molar-refractivity contribution in [3.05, 3.63) is 10.1 Å². The summed E-state index contributed by atoms with van der Waals surface area (Å²) in [5, 5.41) is 8.95. The zero-order valence-corrected chi connectivity index (χ0v) is 3.70. The monoisotopic (exact) mass is 104 g/mol. The fraction of sp³-hybridized carbons (Fsp3) is 0.500. The molecule has 0 rings (SSSR count). The molecule has 0 saturated carbocycles. The van der Waals surface area contributed by atoms with E-state index < -0.39 is 5.03 Å². The first kappa shape index (κ1) is 5.87. The average molecular weight is 104 g/mol. The number of carbonyl (C=O) groups is 1. The van der Waals surface area contributed by atoms with Gasteiger partial charge in [0, 0.05) is 0 Å². The van der Waals surface area contributed by atoms with E-state index in [9.17, 15) is 14.9 Å². The number of nitrogens with zero attached hydrogens (tertiary/aromatic N) is 2. The van der Waals surface area contributed by atoms with E-state index in [4.69, 9.17) is 0 Å². The van der Waals surface area contributed by atoms with Gasteiger partial charge in [0.1, 0.15) is 0 Å². The minimum absolute atomic E-state index is 0.125. The van der Waals surface area contributed by atoms with Crippen LogP contribution in [-0.4, -0.2) is 23.5 Å². The molecule has 5 heteroatoms. The first-order valence-corrected chi connectivity index (χ1v) is 1.51. The number of hydrogen-bond donors (Lipinski definition) is 0. The summed E-state index contributed by atoms with van der Waals surface area (Å²) < 4.78 is 0. The average Bonchev–Trinajstić information content (AvgIpc) is 1.65. The maximum atomic E-state index is 9.43. The summed E-state index contributed by atoms with van der Waals surface area (Å²) >= 11 is 0. The Bertz CT molecular complexity index is 90.9. The Labute approximate surface area is 39.6 Å². The fourth-order valence-corrected chi connectivity index (χ4v) is 0.0385. The van der Waals surface area contributed by atoms with Crippen molar-refractivity contribution in [2.75, 3.05) is 7.05 Å². The molecule has 0 bridgehead atoms. The molecule has 0 aliphatic rings. The van der Waals surface area contributed by atoms with Crippen molar-refractivity contribution in [2.24, 2.45) is 0 Å². The predicted octanol–water partition coefficient (Wildman–Crippen LogP) is -0.734. The van der Waals surface area contributed by atoms with Gasteiger partial charge in [0.15, 0.2) is 5.03 Å². The first-order valence-electron chi connectivity index (χ1n) is 1.51. The van der Waals surface area contributed by atoms with Gasteiger partial charge in [0.2, 0.25) is 0 Å².